The minimum atomic E-state index is -0.222. The van der Waals surface area contributed by atoms with Gasteiger partial charge in [0.15, 0.2) is 0 Å². The molecular formula is C10H8Cl2O. The highest BCUT2D eigenvalue weighted by molar-refractivity contribution is 6.64. The molecule has 1 saturated carbocycles. The van der Waals surface area contributed by atoms with Gasteiger partial charge in [-0.1, -0.05) is 23.7 Å². The van der Waals surface area contributed by atoms with Crippen molar-refractivity contribution in [1.82, 2.24) is 0 Å². The third kappa shape index (κ3) is 1.87. The first-order valence-electron chi connectivity index (χ1n) is 4.13. The molecule has 68 valence electrons. The molecule has 2 unspecified atom stereocenters. The Balaban J connectivity index is 2.12. The molecule has 1 aromatic rings. The van der Waals surface area contributed by atoms with Gasteiger partial charge >= 0.3 is 0 Å². The van der Waals surface area contributed by atoms with Gasteiger partial charge in [0.2, 0.25) is 5.24 Å². The van der Waals surface area contributed by atoms with Gasteiger partial charge in [0.1, 0.15) is 0 Å². The Kier molecular flexibility index (Phi) is 2.31. The third-order valence-corrected chi connectivity index (χ3v) is 2.91. The van der Waals surface area contributed by atoms with Crippen LogP contribution in [-0.2, 0) is 4.79 Å². The minimum Gasteiger partial charge on any atom is -0.281 e. The Hall–Kier alpha value is -0.530. The molecule has 2 rings (SSSR count). The van der Waals surface area contributed by atoms with Gasteiger partial charge in [-0.2, -0.15) is 0 Å². The van der Waals surface area contributed by atoms with Crippen LogP contribution in [0.5, 0.6) is 0 Å². The number of hydrogen-bond donors (Lipinski definition) is 0. The molecule has 0 amide bonds. The predicted molar refractivity (Wildman–Crippen MR) is 53.2 cm³/mol. The Labute approximate surface area is 86.7 Å². The highest BCUT2D eigenvalue weighted by Gasteiger charge is 2.42. The van der Waals surface area contributed by atoms with Crippen molar-refractivity contribution < 1.29 is 4.79 Å². The normalized spacial score (nSPS) is 25.7. The number of hydrogen-bond acceptors (Lipinski definition) is 1. The van der Waals surface area contributed by atoms with Crippen LogP contribution in [0.3, 0.4) is 0 Å². The standard InChI is InChI=1S/C10H8Cl2O/c11-7-3-1-6(2-4-7)8-5-9(8)10(12)13/h1-4,8-9H,5H2. The van der Waals surface area contributed by atoms with Crippen molar-refractivity contribution in [2.45, 2.75) is 12.3 Å². The molecule has 0 aliphatic heterocycles. The average Bonchev–Trinajstić information content (AvgIpc) is 2.85. The van der Waals surface area contributed by atoms with E-state index < -0.39 is 0 Å². The van der Waals surface area contributed by atoms with Crippen LogP contribution in [0.1, 0.15) is 17.9 Å². The van der Waals surface area contributed by atoms with Crippen molar-refractivity contribution in [3.8, 4) is 0 Å². The van der Waals surface area contributed by atoms with Gasteiger partial charge < -0.3 is 0 Å². The molecule has 0 bridgehead atoms. The molecule has 1 aliphatic carbocycles. The molecule has 0 N–H and O–H groups in total. The van der Waals surface area contributed by atoms with Gasteiger partial charge in [0, 0.05) is 10.9 Å². The van der Waals surface area contributed by atoms with Crippen LogP contribution in [0.4, 0.5) is 0 Å². The first-order chi connectivity index (χ1) is 6.18. The summed E-state index contributed by atoms with van der Waals surface area (Å²) in [5.74, 6) is 0.352. The Morgan fingerprint density at radius 1 is 1.31 bits per heavy atom. The number of benzene rings is 1. The van der Waals surface area contributed by atoms with Gasteiger partial charge in [0.05, 0.1) is 0 Å². The van der Waals surface area contributed by atoms with Crippen LogP contribution in [-0.4, -0.2) is 5.24 Å². The molecule has 0 aromatic heterocycles. The lowest BCUT2D eigenvalue weighted by Crippen LogP contribution is -1.91. The summed E-state index contributed by atoms with van der Waals surface area (Å²) >= 11 is 11.1. The maximum absolute atomic E-state index is 10.8. The molecule has 0 spiro atoms. The fraction of sp³-hybridized carbons (Fsp3) is 0.300. The van der Waals surface area contributed by atoms with Crippen LogP contribution >= 0.6 is 23.2 Å². The SMILES string of the molecule is O=C(Cl)C1CC1c1ccc(Cl)cc1. The summed E-state index contributed by atoms with van der Waals surface area (Å²) in [6, 6.07) is 7.58. The van der Waals surface area contributed by atoms with Crippen LogP contribution < -0.4 is 0 Å². The number of halogens is 2. The number of rotatable bonds is 2. The van der Waals surface area contributed by atoms with Gasteiger partial charge in [-0.05, 0) is 41.6 Å². The molecule has 0 saturated heterocycles. The zero-order valence-electron chi connectivity index (χ0n) is 6.84. The predicted octanol–water partition coefficient (Wildman–Crippen LogP) is 3.21. The van der Waals surface area contributed by atoms with Crippen molar-refractivity contribution in [1.29, 1.82) is 0 Å². The maximum Gasteiger partial charge on any atom is 0.225 e. The Morgan fingerprint density at radius 2 is 1.92 bits per heavy atom. The van der Waals surface area contributed by atoms with E-state index in [4.69, 9.17) is 23.2 Å². The summed E-state index contributed by atoms with van der Waals surface area (Å²) in [6.07, 6.45) is 0.879. The Morgan fingerprint density at radius 3 is 2.38 bits per heavy atom. The first kappa shape index (κ1) is 9.04. The largest absolute Gasteiger partial charge is 0.281 e. The third-order valence-electron chi connectivity index (χ3n) is 2.38. The molecule has 13 heavy (non-hydrogen) atoms. The lowest BCUT2D eigenvalue weighted by atomic mass is 10.1. The molecule has 2 atom stereocenters. The number of carbonyl (C=O) groups is 1. The van der Waals surface area contributed by atoms with E-state index in [0.717, 1.165) is 17.0 Å². The van der Waals surface area contributed by atoms with Gasteiger partial charge in [-0.3, -0.25) is 4.79 Å². The van der Waals surface area contributed by atoms with E-state index in [2.05, 4.69) is 0 Å². The molecule has 1 aliphatic rings. The zero-order chi connectivity index (χ0) is 9.42. The Bertz CT molecular complexity index is 331. The second-order valence-corrected chi connectivity index (χ2v) is 4.11. The lowest BCUT2D eigenvalue weighted by Gasteiger charge is -1.97. The van der Waals surface area contributed by atoms with E-state index in [9.17, 15) is 4.79 Å². The van der Waals surface area contributed by atoms with Crippen LogP contribution in [0, 0.1) is 5.92 Å². The van der Waals surface area contributed by atoms with Crippen molar-refractivity contribution in [2.24, 2.45) is 5.92 Å². The summed E-state index contributed by atoms with van der Waals surface area (Å²) in [7, 11) is 0. The average molecular weight is 215 g/mol. The summed E-state index contributed by atoms with van der Waals surface area (Å²) in [5.41, 5.74) is 1.16. The van der Waals surface area contributed by atoms with E-state index in [1.54, 1.807) is 0 Å². The van der Waals surface area contributed by atoms with Crippen molar-refractivity contribution in [2.75, 3.05) is 0 Å². The van der Waals surface area contributed by atoms with Crippen LogP contribution in [0.2, 0.25) is 5.02 Å². The van der Waals surface area contributed by atoms with Gasteiger partial charge in [0.25, 0.3) is 0 Å². The minimum absolute atomic E-state index is 0.0304. The molecule has 1 fully saturated rings. The van der Waals surface area contributed by atoms with Crippen molar-refractivity contribution in [3.05, 3.63) is 34.9 Å². The molecular weight excluding hydrogens is 207 g/mol. The molecule has 1 aromatic carbocycles. The highest BCUT2D eigenvalue weighted by atomic mass is 35.5. The monoisotopic (exact) mass is 214 g/mol. The molecule has 1 nitrogen and oxygen atoms in total. The lowest BCUT2D eigenvalue weighted by molar-refractivity contribution is -0.112. The summed E-state index contributed by atoms with van der Waals surface area (Å²) < 4.78 is 0. The topological polar surface area (TPSA) is 17.1 Å². The van der Waals surface area contributed by atoms with E-state index in [0.29, 0.717) is 5.92 Å². The fourth-order valence-electron chi connectivity index (χ4n) is 1.52. The van der Waals surface area contributed by atoms with Gasteiger partial charge in [-0.15, -0.1) is 0 Å². The summed E-state index contributed by atoms with van der Waals surface area (Å²) in [4.78, 5) is 10.8. The van der Waals surface area contributed by atoms with Crippen molar-refractivity contribution in [3.63, 3.8) is 0 Å². The molecule has 3 heteroatoms. The first-order valence-corrected chi connectivity index (χ1v) is 4.89. The highest BCUT2D eigenvalue weighted by Crippen LogP contribution is 2.48. The summed E-state index contributed by atoms with van der Waals surface area (Å²) in [6.45, 7) is 0. The zero-order valence-corrected chi connectivity index (χ0v) is 8.35. The number of carbonyl (C=O) groups excluding carboxylic acids is 1. The summed E-state index contributed by atoms with van der Waals surface area (Å²) in [5, 5.41) is 0.498. The van der Waals surface area contributed by atoms with Gasteiger partial charge in [-0.25, -0.2) is 0 Å². The van der Waals surface area contributed by atoms with Crippen LogP contribution in [0.15, 0.2) is 24.3 Å². The second kappa shape index (κ2) is 3.32. The van der Waals surface area contributed by atoms with E-state index in [1.165, 1.54) is 0 Å². The second-order valence-electron chi connectivity index (χ2n) is 3.30. The quantitative estimate of drug-likeness (QED) is 0.692. The maximum atomic E-state index is 10.8. The molecule has 0 heterocycles. The smallest absolute Gasteiger partial charge is 0.225 e. The van der Waals surface area contributed by atoms with E-state index in [1.807, 2.05) is 24.3 Å². The van der Waals surface area contributed by atoms with Crippen LogP contribution in [0.25, 0.3) is 0 Å². The fourth-order valence-corrected chi connectivity index (χ4v) is 1.89. The van der Waals surface area contributed by atoms with E-state index in [-0.39, 0.29) is 11.2 Å². The molecule has 0 radical (unpaired) electrons. The van der Waals surface area contributed by atoms with E-state index >= 15 is 0 Å². The van der Waals surface area contributed by atoms with Crippen molar-refractivity contribution >= 4 is 28.4 Å².